The van der Waals surface area contributed by atoms with Crippen molar-refractivity contribution < 1.29 is 35.7 Å². The van der Waals surface area contributed by atoms with Gasteiger partial charge in [0.05, 0.1) is 9.95 Å². The Morgan fingerprint density at radius 3 is 1.89 bits per heavy atom. The molecule has 3 nitrogen and oxygen atoms in total. The lowest BCUT2D eigenvalue weighted by Crippen LogP contribution is -2.50. The highest BCUT2D eigenvalue weighted by molar-refractivity contribution is 6.33. The van der Waals surface area contributed by atoms with E-state index in [0.717, 1.165) is 18.2 Å². The number of aryl methyl sites for hydroxylation is 2. The van der Waals surface area contributed by atoms with Crippen LogP contribution >= 0.6 is 11.6 Å². The molecule has 0 atom stereocenters. The van der Waals surface area contributed by atoms with Gasteiger partial charge < -0.3 is 0 Å². The smallest absolute Gasteiger partial charge is 0.258 e. The van der Waals surface area contributed by atoms with Gasteiger partial charge in [0.2, 0.25) is 0 Å². The van der Waals surface area contributed by atoms with Crippen LogP contribution in [0.4, 0.5) is 36.4 Å². The quantitative estimate of drug-likeness (QED) is 0.305. The first-order chi connectivity index (χ1) is 12.6. The van der Waals surface area contributed by atoms with Gasteiger partial charge in [0.25, 0.3) is 5.69 Å². The summed E-state index contributed by atoms with van der Waals surface area (Å²) in [6, 6.07) is 4.20. The van der Waals surface area contributed by atoms with E-state index in [2.05, 4.69) is 0 Å². The molecule has 152 valence electrons. The van der Waals surface area contributed by atoms with Gasteiger partial charge >= 0.3 is 18.0 Å². The number of halogens is 8. The Kier molecular flexibility index (Phi) is 5.41. The van der Waals surface area contributed by atoms with E-state index < -0.39 is 50.3 Å². The Bertz CT molecular complexity index is 924. The molecule has 0 spiro atoms. The highest BCUT2D eigenvalue weighted by atomic mass is 35.5. The molecule has 2 aromatic carbocycles. The number of non-ortho nitro benzene ring substituents is 1. The summed E-state index contributed by atoms with van der Waals surface area (Å²) < 4.78 is 94.6. The van der Waals surface area contributed by atoms with Crippen LogP contribution < -0.4 is 0 Å². The lowest BCUT2D eigenvalue weighted by molar-refractivity contribution is -0.384. The zero-order valence-corrected chi connectivity index (χ0v) is 14.9. The van der Waals surface area contributed by atoms with Crippen molar-refractivity contribution in [3.63, 3.8) is 0 Å². The van der Waals surface area contributed by atoms with Crippen molar-refractivity contribution in [2.45, 2.75) is 31.9 Å². The number of nitrogens with zero attached hydrogens (tertiary/aromatic N) is 1. The molecular formula is C17H11ClF7NO2. The zero-order valence-electron chi connectivity index (χ0n) is 14.2. The first-order valence-corrected chi connectivity index (χ1v) is 7.87. The Hall–Kier alpha value is -2.36. The molecule has 28 heavy (non-hydrogen) atoms. The van der Waals surface area contributed by atoms with Crippen molar-refractivity contribution in [2.24, 2.45) is 0 Å². The minimum atomic E-state index is -6.31. The number of alkyl halides is 7. The molecule has 0 unspecified atom stereocenters. The number of hydrogen-bond donors (Lipinski definition) is 0. The molecule has 0 aliphatic carbocycles. The van der Waals surface area contributed by atoms with Gasteiger partial charge in [-0.1, -0.05) is 29.3 Å². The summed E-state index contributed by atoms with van der Waals surface area (Å²) >= 11 is 5.88. The third-order valence-electron chi connectivity index (χ3n) is 4.07. The summed E-state index contributed by atoms with van der Waals surface area (Å²) in [6.07, 6.45) is -12.6. The largest absolute Gasteiger partial charge is 0.435 e. The Balaban J connectivity index is 2.95. The van der Waals surface area contributed by atoms with Crippen LogP contribution in [0.25, 0.3) is 11.1 Å². The molecule has 0 amide bonds. The first-order valence-electron chi connectivity index (χ1n) is 7.49. The second-order valence-corrected chi connectivity index (χ2v) is 6.49. The summed E-state index contributed by atoms with van der Waals surface area (Å²) in [5.74, 6) is 0. The van der Waals surface area contributed by atoms with Crippen LogP contribution in [0, 0.1) is 24.0 Å². The predicted molar refractivity (Wildman–Crippen MR) is 87.9 cm³/mol. The van der Waals surface area contributed by atoms with Crippen molar-refractivity contribution in [1.82, 2.24) is 0 Å². The van der Waals surface area contributed by atoms with E-state index in [9.17, 15) is 40.8 Å². The predicted octanol–water partition coefficient (Wildman–Crippen LogP) is 6.82. The van der Waals surface area contributed by atoms with Crippen molar-refractivity contribution in [3.05, 3.63) is 62.2 Å². The lowest BCUT2D eigenvalue weighted by atomic mass is 9.83. The second kappa shape index (κ2) is 6.91. The fourth-order valence-corrected chi connectivity index (χ4v) is 3.15. The molecule has 0 aliphatic rings. The SMILES string of the molecule is Cc1cc(C)c(-c2ccc([N+](=O)[O-])cc2Cl)c(C(F)(C(F)(F)F)C(F)(F)F)c1. The van der Waals surface area contributed by atoms with Crippen LogP contribution in [0.15, 0.2) is 30.3 Å². The van der Waals surface area contributed by atoms with Gasteiger partial charge in [-0.2, -0.15) is 26.3 Å². The number of hydrogen-bond acceptors (Lipinski definition) is 2. The number of nitro benzene ring substituents is 1. The van der Waals surface area contributed by atoms with Crippen LogP contribution in [0.5, 0.6) is 0 Å². The maximum absolute atomic E-state index is 14.8. The average molecular weight is 430 g/mol. The molecule has 0 N–H and O–H groups in total. The summed E-state index contributed by atoms with van der Waals surface area (Å²) in [6.45, 7) is 2.40. The van der Waals surface area contributed by atoms with Crippen molar-refractivity contribution in [1.29, 1.82) is 0 Å². The maximum Gasteiger partial charge on any atom is 0.435 e. The Morgan fingerprint density at radius 2 is 1.46 bits per heavy atom. The lowest BCUT2D eigenvalue weighted by Gasteiger charge is -2.33. The van der Waals surface area contributed by atoms with Gasteiger partial charge in [-0.3, -0.25) is 10.1 Å². The average Bonchev–Trinajstić information content (AvgIpc) is 2.51. The van der Waals surface area contributed by atoms with Gasteiger partial charge in [-0.25, -0.2) is 4.39 Å². The molecule has 2 aromatic rings. The van der Waals surface area contributed by atoms with Crippen molar-refractivity contribution >= 4 is 17.3 Å². The molecule has 11 heteroatoms. The second-order valence-electron chi connectivity index (χ2n) is 6.08. The van der Waals surface area contributed by atoms with E-state index >= 15 is 0 Å². The van der Waals surface area contributed by atoms with Gasteiger partial charge in [-0.15, -0.1) is 0 Å². The van der Waals surface area contributed by atoms with E-state index in [1.54, 1.807) is 0 Å². The minimum Gasteiger partial charge on any atom is -0.258 e. The molecule has 0 fully saturated rings. The van der Waals surface area contributed by atoms with E-state index in [-0.39, 0.29) is 11.1 Å². The number of nitro groups is 1. The molecule has 0 aliphatic heterocycles. The molecule has 0 heterocycles. The monoisotopic (exact) mass is 429 g/mol. The Morgan fingerprint density at radius 1 is 0.929 bits per heavy atom. The highest BCUT2D eigenvalue weighted by Crippen LogP contribution is 2.56. The number of rotatable bonds is 3. The summed E-state index contributed by atoms with van der Waals surface area (Å²) in [7, 11) is 0. The van der Waals surface area contributed by atoms with E-state index in [0.29, 0.717) is 6.07 Å². The van der Waals surface area contributed by atoms with Crippen molar-refractivity contribution in [3.8, 4) is 11.1 Å². The summed E-state index contributed by atoms with van der Waals surface area (Å²) in [4.78, 5) is 9.95. The van der Waals surface area contributed by atoms with Gasteiger partial charge in [-0.05, 0) is 31.0 Å². The summed E-state index contributed by atoms with van der Waals surface area (Å²) in [5, 5.41) is 10.3. The topological polar surface area (TPSA) is 43.1 Å². The molecule has 0 saturated heterocycles. The molecule has 2 rings (SSSR count). The van der Waals surface area contributed by atoms with E-state index in [4.69, 9.17) is 11.6 Å². The van der Waals surface area contributed by atoms with Crippen molar-refractivity contribution in [2.75, 3.05) is 0 Å². The van der Waals surface area contributed by atoms with Crippen LogP contribution in [0.3, 0.4) is 0 Å². The van der Waals surface area contributed by atoms with Crippen LogP contribution in [0.2, 0.25) is 5.02 Å². The van der Waals surface area contributed by atoms with E-state index in [1.807, 2.05) is 0 Å². The van der Waals surface area contributed by atoms with Crippen LogP contribution in [-0.4, -0.2) is 17.3 Å². The normalized spacial score (nSPS) is 12.9. The highest BCUT2D eigenvalue weighted by Gasteiger charge is 2.74. The first kappa shape index (κ1) is 21.9. The molecule has 0 saturated carbocycles. The molecular weight excluding hydrogens is 419 g/mol. The molecule has 0 radical (unpaired) electrons. The van der Waals surface area contributed by atoms with E-state index in [1.165, 1.54) is 19.9 Å². The van der Waals surface area contributed by atoms with Crippen LogP contribution in [-0.2, 0) is 5.67 Å². The molecule has 0 aromatic heterocycles. The van der Waals surface area contributed by atoms with Crippen LogP contribution in [0.1, 0.15) is 16.7 Å². The third kappa shape index (κ3) is 3.52. The molecule has 0 bridgehead atoms. The van der Waals surface area contributed by atoms with Gasteiger partial charge in [0, 0.05) is 23.3 Å². The third-order valence-corrected chi connectivity index (χ3v) is 4.38. The maximum atomic E-state index is 14.8. The minimum absolute atomic E-state index is 0.0372. The van der Waals surface area contributed by atoms with Gasteiger partial charge in [0.15, 0.2) is 0 Å². The fraction of sp³-hybridized carbons (Fsp3) is 0.294. The fourth-order valence-electron chi connectivity index (χ4n) is 2.88. The number of benzene rings is 2. The zero-order chi connectivity index (χ0) is 21.7. The summed E-state index contributed by atoms with van der Waals surface area (Å²) in [5.41, 5.74) is -9.15. The van der Waals surface area contributed by atoms with Gasteiger partial charge in [0.1, 0.15) is 0 Å². The standard InChI is InChI=1S/C17H11ClF7NO2/c1-8-5-9(2)14(11-4-3-10(26(27)28)7-13(11)18)12(6-8)15(19,16(20,21)22)17(23,24)25/h3-7H,1-2H3. The Labute approximate surface area is 158 Å².